The summed E-state index contributed by atoms with van der Waals surface area (Å²) in [4.78, 5) is 18.9. The van der Waals surface area contributed by atoms with Crippen molar-refractivity contribution in [1.29, 1.82) is 0 Å². The molecule has 2 N–H and O–H groups in total. The SMILES string of the molecule is CCNC(=NCCCOCC1CCOCC1)NCCN(C(=O)OC(C)(C)C)C1CC1. The van der Waals surface area contributed by atoms with Crippen molar-refractivity contribution < 1.29 is 19.0 Å². The Balaban J connectivity index is 1.64. The van der Waals surface area contributed by atoms with E-state index in [0.717, 1.165) is 71.0 Å². The highest BCUT2D eigenvalue weighted by molar-refractivity contribution is 5.79. The maximum Gasteiger partial charge on any atom is 0.410 e. The summed E-state index contributed by atoms with van der Waals surface area (Å²) in [6.45, 7) is 13.8. The van der Waals surface area contributed by atoms with E-state index in [1.807, 2.05) is 32.6 Å². The number of nitrogens with one attached hydrogen (secondary N) is 2. The zero-order valence-corrected chi connectivity index (χ0v) is 19.4. The largest absolute Gasteiger partial charge is 0.444 e. The van der Waals surface area contributed by atoms with Crippen LogP contribution >= 0.6 is 0 Å². The van der Waals surface area contributed by atoms with Crippen LogP contribution in [0.4, 0.5) is 4.79 Å². The van der Waals surface area contributed by atoms with Gasteiger partial charge in [0, 0.05) is 58.6 Å². The number of amides is 1. The van der Waals surface area contributed by atoms with Crippen LogP contribution in [0, 0.1) is 5.92 Å². The third kappa shape index (κ3) is 10.5. The van der Waals surface area contributed by atoms with Gasteiger partial charge in [0.05, 0.1) is 0 Å². The minimum absolute atomic E-state index is 0.226. The zero-order valence-electron chi connectivity index (χ0n) is 19.4. The summed E-state index contributed by atoms with van der Waals surface area (Å²) in [5, 5.41) is 6.59. The average Bonchev–Trinajstić information content (AvgIpc) is 3.52. The van der Waals surface area contributed by atoms with Gasteiger partial charge in [-0.25, -0.2) is 4.79 Å². The average molecular weight is 427 g/mol. The standard InChI is InChI=1S/C22H42N4O4/c1-5-23-20(24-11-6-14-29-17-18-9-15-28-16-10-18)25-12-13-26(19-7-8-19)21(27)30-22(2,3)4/h18-19H,5-17H2,1-4H3,(H2,23,24,25). The first-order chi connectivity index (χ1) is 14.4. The van der Waals surface area contributed by atoms with Crippen LogP contribution in [-0.2, 0) is 14.2 Å². The smallest absolute Gasteiger partial charge is 0.410 e. The molecule has 1 amide bonds. The highest BCUT2D eigenvalue weighted by Gasteiger charge is 2.34. The number of hydrogen-bond acceptors (Lipinski definition) is 5. The van der Waals surface area contributed by atoms with Gasteiger partial charge in [-0.1, -0.05) is 0 Å². The summed E-state index contributed by atoms with van der Waals surface area (Å²) in [6, 6.07) is 0.314. The fraction of sp³-hybridized carbons (Fsp3) is 0.909. The summed E-state index contributed by atoms with van der Waals surface area (Å²) < 4.78 is 16.7. The van der Waals surface area contributed by atoms with E-state index in [1.54, 1.807) is 0 Å². The number of nitrogens with zero attached hydrogens (tertiary/aromatic N) is 2. The molecule has 0 radical (unpaired) electrons. The van der Waals surface area contributed by atoms with Crippen LogP contribution in [0.3, 0.4) is 0 Å². The van der Waals surface area contributed by atoms with E-state index < -0.39 is 5.60 Å². The summed E-state index contributed by atoms with van der Waals surface area (Å²) in [5.74, 6) is 1.42. The Bertz CT molecular complexity index is 526. The van der Waals surface area contributed by atoms with E-state index in [-0.39, 0.29) is 6.09 Å². The second kappa shape index (κ2) is 13.0. The molecular weight excluding hydrogens is 384 g/mol. The maximum absolute atomic E-state index is 12.4. The van der Waals surface area contributed by atoms with Crippen LogP contribution < -0.4 is 10.6 Å². The summed E-state index contributed by atoms with van der Waals surface area (Å²) in [7, 11) is 0. The molecule has 2 fully saturated rings. The molecule has 0 spiro atoms. The molecule has 0 atom stereocenters. The van der Waals surface area contributed by atoms with Crippen LogP contribution in [0.25, 0.3) is 0 Å². The van der Waals surface area contributed by atoms with Gasteiger partial charge in [-0.3, -0.25) is 4.99 Å². The molecule has 0 bridgehead atoms. The predicted molar refractivity (Wildman–Crippen MR) is 119 cm³/mol. The molecule has 2 rings (SSSR count). The van der Waals surface area contributed by atoms with Gasteiger partial charge in [0.1, 0.15) is 5.60 Å². The number of carbonyl (C=O) groups excluding carboxylic acids is 1. The fourth-order valence-corrected chi connectivity index (χ4v) is 3.29. The minimum Gasteiger partial charge on any atom is -0.444 e. The Morgan fingerprint density at radius 3 is 2.53 bits per heavy atom. The van der Waals surface area contributed by atoms with Crippen molar-refractivity contribution >= 4 is 12.1 Å². The van der Waals surface area contributed by atoms with Crippen molar-refractivity contribution in [2.75, 3.05) is 52.6 Å². The molecule has 0 aromatic carbocycles. The molecule has 1 saturated heterocycles. The molecular formula is C22H42N4O4. The monoisotopic (exact) mass is 426 g/mol. The van der Waals surface area contributed by atoms with E-state index in [4.69, 9.17) is 14.2 Å². The number of carbonyl (C=O) groups is 1. The van der Waals surface area contributed by atoms with Gasteiger partial charge in [-0.2, -0.15) is 0 Å². The number of ether oxygens (including phenoxy) is 3. The number of aliphatic imine (C=N–C) groups is 1. The first-order valence-electron chi connectivity index (χ1n) is 11.6. The quantitative estimate of drug-likeness (QED) is 0.300. The summed E-state index contributed by atoms with van der Waals surface area (Å²) in [6.07, 6.45) is 4.99. The van der Waals surface area contributed by atoms with Gasteiger partial charge in [-0.15, -0.1) is 0 Å². The van der Waals surface area contributed by atoms with E-state index in [2.05, 4.69) is 15.6 Å². The van der Waals surface area contributed by atoms with Gasteiger partial charge in [0.15, 0.2) is 5.96 Å². The fourth-order valence-electron chi connectivity index (χ4n) is 3.29. The Kier molecular flexibility index (Phi) is 10.7. The Labute approximate surface area is 182 Å². The van der Waals surface area contributed by atoms with E-state index in [0.29, 0.717) is 31.6 Å². The van der Waals surface area contributed by atoms with Crippen molar-refractivity contribution in [2.45, 2.75) is 71.4 Å². The topological polar surface area (TPSA) is 84.4 Å². The van der Waals surface area contributed by atoms with Gasteiger partial charge < -0.3 is 29.7 Å². The molecule has 174 valence electrons. The molecule has 1 aliphatic carbocycles. The van der Waals surface area contributed by atoms with Crippen molar-refractivity contribution in [1.82, 2.24) is 15.5 Å². The van der Waals surface area contributed by atoms with Crippen molar-refractivity contribution in [3.05, 3.63) is 0 Å². The lowest BCUT2D eigenvalue weighted by molar-refractivity contribution is 0.0205. The van der Waals surface area contributed by atoms with Crippen LogP contribution in [0.2, 0.25) is 0 Å². The van der Waals surface area contributed by atoms with Gasteiger partial charge in [0.25, 0.3) is 0 Å². The molecule has 8 heteroatoms. The molecule has 1 heterocycles. The third-order valence-electron chi connectivity index (χ3n) is 5.02. The van der Waals surface area contributed by atoms with Crippen molar-refractivity contribution in [3.63, 3.8) is 0 Å². The van der Waals surface area contributed by atoms with Crippen molar-refractivity contribution in [2.24, 2.45) is 10.9 Å². The lowest BCUT2D eigenvalue weighted by Crippen LogP contribution is -2.45. The van der Waals surface area contributed by atoms with Crippen LogP contribution in [-0.4, -0.2) is 81.2 Å². The second-order valence-corrected chi connectivity index (χ2v) is 9.08. The van der Waals surface area contributed by atoms with E-state index >= 15 is 0 Å². The molecule has 8 nitrogen and oxygen atoms in total. The lowest BCUT2D eigenvalue weighted by atomic mass is 10.0. The van der Waals surface area contributed by atoms with Crippen LogP contribution in [0.5, 0.6) is 0 Å². The highest BCUT2D eigenvalue weighted by Crippen LogP contribution is 2.28. The molecule has 2 aliphatic rings. The third-order valence-corrected chi connectivity index (χ3v) is 5.02. The molecule has 0 aromatic heterocycles. The number of hydrogen-bond donors (Lipinski definition) is 2. The first-order valence-corrected chi connectivity index (χ1v) is 11.6. The zero-order chi connectivity index (χ0) is 21.8. The predicted octanol–water partition coefficient (Wildman–Crippen LogP) is 2.77. The van der Waals surface area contributed by atoms with Gasteiger partial charge in [-0.05, 0) is 65.7 Å². The molecule has 0 unspecified atom stereocenters. The second-order valence-electron chi connectivity index (χ2n) is 9.08. The minimum atomic E-state index is -0.471. The number of rotatable bonds is 11. The van der Waals surface area contributed by atoms with Gasteiger partial charge in [0.2, 0.25) is 0 Å². The molecule has 1 saturated carbocycles. The van der Waals surface area contributed by atoms with Gasteiger partial charge >= 0.3 is 6.09 Å². The summed E-state index contributed by atoms with van der Waals surface area (Å²) >= 11 is 0. The summed E-state index contributed by atoms with van der Waals surface area (Å²) in [5.41, 5.74) is -0.471. The highest BCUT2D eigenvalue weighted by atomic mass is 16.6. The molecule has 30 heavy (non-hydrogen) atoms. The van der Waals surface area contributed by atoms with Crippen LogP contribution in [0.15, 0.2) is 4.99 Å². The van der Waals surface area contributed by atoms with Crippen LogP contribution in [0.1, 0.15) is 59.8 Å². The normalized spacial score (nSPS) is 18.2. The van der Waals surface area contributed by atoms with E-state index in [1.165, 1.54) is 0 Å². The number of guanidine groups is 1. The first kappa shape index (κ1) is 24.7. The Morgan fingerprint density at radius 1 is 1.17 bits per heavy atom. The molecule has 0 aromatic rings. The lowest BCUT2D eigenvalue weighted by Gasteiger charge is -2.27. The Hall–Kier alpha value is -1.54. The van der Waals surface area contributed by atoms with Crippen molar-refractivity contribution in [3.8, 4) is 0 Å². The molecule has 1 aliphatic heterocycles. The van der Waals surface area contributed by atoms with E-state index in [9.17, 15) is 4.79 Å². The Morgan fingerprint density at radius 2 is 1.90 bits per heavy atom. The maximum atomic E-state index is 12.4.